The number of carbonyl (C=O) groups excluding carboxylic acids is 1. The molecule has 0 spiro atoms. The monoisotopic (exact) mass is 226 g/mol. The standard InChI is InChI=1S/C13H26N2O/c1-10(2)15-13(11(14)16)7-5-6-12(3,4)8-9-13/h10,15H,5-9H2,1-4H3,(H2,14,16). The molecule has 0 radical (unpaired) electrons. The lowest BCUT2D eigenvalue weighted by atomic mass is 9.83. The molecule has 1 unspecified atom stereocenters. The highest BCUT2D eigenvalue weighted by Crippen LogP contribution is 2.38. The second kappa shape index (κ2) is 4.74. The third-order valence-electron chi connectivity index (χ3n) is 3.72. The van der Waals surface area contributed by atoms with Gasteiger partial charge in [0.1, 0.15) is 0 Å². The zero-order valence-electron chi connectivity index (χ0n) is 11.1. The summed E-state index contributed by atoms with van der Waals surface area (Å²) in [5, 5.41) is 3.40. The van der Waals surface area contributed by atoms with Crippen molar-refractivity contribution in [1.82, 2.24) is 5.32 Å². The molecule has 1 rings (SSSR count). The van der Waals surface area contributed by atoms with Crippen molar-refractivity contribution >= 4 is 5.91 Å². The number of primary amides is 1. The summed E-state index contributed by atoms with van der Waals surface area (Å²) in [5.74, 6) is -0.182. The predicted molar refractivity (Wildman–Crippen MR) is 67.1 cm³/mol. The molecule has 1 amide bonds. The highest BCUT2D eigenvalue weighted by atomic mass is 16.1. The lowest BCUT2D eigenvalue weighted by Gasteiger charge is -2.33. The van der Waals surface area contributed by atoms with Crippen molar-refractivity contribution < 1.29 is 4.79 Å². The Labute approximate surface area is 99.2 Å². The van der Waals surface area contributed by atoms with Crippen molar-refractivity contribution in [3.05, 3.63) is 0 Å². The maximum Gasteiger partial charge on any atom is 0.237 e. The molecule has 0 bridgehead atoms. The number of nitrogens with one attached hydrogen (secondary N) is 1. The van der Waals surface area contributed by atoms with Gasteiger partial charge in [-0.1, -0.05) is 20.3 Å². The molecular weight excluding hydrogens is 200 g/mol. The number of hydrogen-bond acceptors (Lipinski definition) is 2. The topological polar surface area (TPSA) is 55.1 Å². The lowest BCUT2D eigenvalue weighted by molar-refractivity contribution is -0.125. The van der Waals surface area contributed by atoms with Crippen LogP contribution < -0.4 is 11.1 Å². The molecule has 94 valence electrons. The van der Waals surface area contributed by atoms with Crippen LogP contribution in [0.3, 0.4) is 0 Å². The van der Waals surface area contributed by atoms with Crippen LogP contribution in [0.4, 0.5) is 0 Å². The van der Waals surface area contributed by atoms with Crippen LogP contribution in [0.5, 0.6) is 0 Å². The Morgan fingerprint density at radius 1 is 1.19 bits per heavy atom. The van der Waals surface area contributed by atoms with E-state index in [0.717, 1.165) is 25.7 Å². The first-order valence-corrected chi connectivity index (χ1v) is 6.35. The van der Waals surface area contributed by atoms with Gasteiger partial charge in [-0.3, -0.25) is 4.79 Å². The third-order valence-corrected chi connectivity index (χ3v) is 3.72. The van der Waals surface area contributed by atoms with E-state index < -0.39 is 5.54 Å². The van der Waals surface area contributed by atoms with E-state index in [1.54, 1.807) is 0 Å². The molecule has 16 heavy (non-hydrogen) atoms. The molecule has 3 heteroatoms. The summed E-state index contributed by atoms with van der Waals surface area (Å²) in [5.41, 5.74) is 5.48. The van der Waals surface area contributed by atoms with Gasteiger partial charge >= 0.3 is 0 Å². The van der Waals surface area contributed by atoms with Crippen molar-refractivity contribution in [2.24, 2.45) is 11.1 Å². The Balaban J connectivity index is 2.82. The normalized spacial score (nSPS) is 30.1. The lowest BCUT2D eigenvalue weighted by Crippen LogP contribution is -2.57. The summed E-state index contributed by atoms with van der Waals surface area (Å²) >= 11 is 0. The van der Waals surface area contributed by atoms with Gasteiger partial charge in [0.05, 0.1) is 5.54 Å². The molecule has 0 aromatic carbocycles. The Morgan fingerprint density at radius 3 is 2.31 bits per heavy atom. The van der Waals surface area contributed by atoms with E-state index in [9.17, 15) is 4.79 Å². The maximum absolute atomic E-state index is 11.7. The predicted octanol–water partition coefficient (Wildman–Crippen LogP) is 2.20. The summed E-state index contributed by atoms with van der Waals surface area (Å²) < 4.78 is 0. The van der Waals surface area contributed by atoms with Crippen molar-refractivity contribution in [3.63, 3.8) is 0 Å². The van der Waals surface area contributed by atoms with Crippen LogP contribution in [0.15, 0.2) is 0 Å². The van der Waals surface area contributed by atoms with Crippen LogP contribution >= 0.6 is 0 Å². The van der Waals surface area contributed by atoms with Crippen molar-refractivity contribution in [1.29, 1.82) is 0 Å². The van der Waals surface area contributed by atoms with Crippen LogP contribution in [0.25, 0.3) is 0 Å². The summed E-state index contributed by atoms with van der Waals surface area (Å²) in [4.78, 5) is 11.7. The van der Waals surface area contributed by atoms with Crippen LogP contribution in [0.1, 0.15) is 59.8 Å². The Morgan fingerprint density at radius 2 is 1.81 bits per heavy atom. The smallest absolute Gasteiger partial charge is 0.237 e. The molecule has 1 aliphatic rings. The van der Waals surface area contributed by atoms with E-state index in [2.05, 4.69) is 33.0 Å². The molecular formula is C13H26N2O. The Bertz CT molecular complexity index is 261. The summed E-state index contributed by atoms with van der Waals surface area (Å²) in [6.07, 6.45) is 5.07. The van der Waals surface area contributed by atoms with Crippen molar-refractivity contribution in [3.8, 4) is 0 Å². The van der Waals surface area contributed by atoms with Crippen molar-refractivity contribution in [2.75, 3.05) is 0 Å². The second-order valence-corrected chi connectivity index (χ2v) is 6.26. The average molecular weight is 226 g/mol. The fourth-order valence-electron chi connectivity index (χ4n) is 2.68. The highest BCUT2D eigenvalue weighted by molar-refractivity contribution is 5.84. The molecule has 1 saturated carbocycles. The Kier molecular flexibility index (Phi) is 4.00. The van der Waals surface area contributed by atoms with E-state index in [1.807, 2.05) is 0 Å². The quantitative estimate of drug-likeness (QED) is 0.725. The van der Waals surface area contributed by atoms with Gasteiger partial charge in [0, 0.05) is 6.04 Å². The molecule has 0 saturated heterocycles. The van der Waals surface area contributed by atoms with Gasteiger partial charge in [0.2, 0.25) is 5.91 Å². The zero-order valence-corrected chi connectivity index (χ0v) is 11.1. The largest absolute Gasteiger partial charge is 0.368 e. The van der Waals surface area contributed by atoms with Crippen LogP contribution in [0, 0.1) is 5.41 Å². The summed E-state index contributed by atoms with van der Waals surface area (Å²) in [6, 6.07) is 0.300. The molecule has 1 atom stereocenters. The second-order valence-electron chi connectivity index (χ2n) is 6.26. The van der Waals surface area contributed by atoms with E-state index >= 15 is 0 Å². The highest BCUT2D eigenvalue weighted by Gasteiger charge is 2.40. The summed E-state index contributed by atoms with van der Waals surface area (Å²) in [6.45, 7) is 8.69. The van der Waals surface area contributed by atoms with E-state index in [1.165, 1.54) is 6.42 Å². The van der Waals surface area contributed by atoms with E-state index in [-0.39, 0.29) is 5.91 Å². The van der Waals surface area contributed by atoms with Gasteiger partial charge in [0.25, 0.3) is 0 Å². The number of amides is 1. The number of hydrogen-bond donors (Lipinski definition) is 2. The van der Waals surface area contributed by atoms with E-state index in [4.69, 9.17) is 5.73 Å². The fourth-order valence-corrected chi connectivity index (χ4v) is 2.68. The van der Waals surface area contributed by atoms with Crippen LogP contribution in [-0.4, -0.2) is 17.5 Å². The summed E-state index contributed by atoms with van der Waals surface area (Å²) in [7, 11) is 0. The number of nitrogens with two attached hydrogens (primary N) is 1. The molecule has 0 aliphatic heterocycles. The van der Waals surface area contributed by atoms with Gasteiger partial charge in [-0.05, 0) is 44.9 Å². The first-order valence-electron chi connectivity index (χ1n) is 6.35. The molecule has 0 aromatic rings. The minimum atomic E-state index is -0.470. The SMILES string of the molecule is CC(C)NC1(C(N)=O)CCCC(C)(C)CC1. The number of rotatable bonds is 3. The van der Waals surface area contributed by atoms with Crippen LogP contribution in [0.2, 0.25) is 0 Å². The number of carbonyl (C=O) groups is 1. The molecule has 0 heterocycles. The van der Waals surface area contributed by atoms with Gasteiger partial charge in [-0.15, -0.1) is 0 Å². The first-order chi connectivity index (χ1) is 7.27. The van der Waals surface area contributed by atoms with Gasteiger partial charge < -0.3 is 11.1 Å². The van der Waals surface area contributed by atoms with E-state index in [0.29, 0.717) is 11.5 Å². The fraction of sp³-hybridized carbons (Fsp3) is 0.923. The Hall–Kier alpha value is -0.570. The maximum atomic E-state index is 11.7. The first kappa shape index (κ1) is 13.5. The average Bonchev–Trinajstić information content (AvgIpc) is 2.25. The van der Waals surface area contributed by atoms with Crippen molar-refractivity contribution in [2.45, 2.75) is 71.4 Å². The van der Waals surface area contributed by atoms with Crippen LogP contribution in [-0.2, 0) is 4.79 Å². The minimum Gasteiger partial charge on any atom is -0.368 e. The van der Waals surface area contributed by atoms with Gasteiger partial charge in [-0.25, -0.2) is 0 Å². The molecule has 3 nitrogen and oxygen atoms in total. The zero-order chi connectivity index (χ0) is 12.4. The molecule has 1 fully saturated rings. The molecule has 3 N–H and O–H groups in total. The van der Waals surface area contributed by atoms with Gasteiger partial charge in [0.15, 0.2) is 0 Å². The third kappa shape index (κ3) is 3.21. The minimum absolute atomic E-state index is 0.182. The molecule has 0 aromatic heterocycles. The van der Waals surface area contributed by atoms with Gasteiger partial charge in [-0.2, -0.15) is 0 Å². The molecule has 1 aliphatic carbocycles.